The van der Waals surface area contributed by atoms with Crippen LogP contribution in [0, 0.1) is 0 Å². The number of benzene rings is 1. The van der Waals surface area contributed by atoms with E-state index in [0.29, 0.717) is 13.0 Å². The van der Waals surface area contributed by atoms with E-state index < -0.39 is 10.0 Å². The molecule has 0 amide bonds. The summed E-state index contributed by atoms with van der Waals surface area (Å²) in [7, 11) is -1.61. The Morgan fingerprint density at radius 3 is 2.35 bits per heavy atom. The van der Waals surface area contributed by atoms with Crippen LogP contribution in [0.3, 0.4) is 0 Å². The van der Waals surface area contributed by atoms with Gasteiger partial charge in [-0.1, -0.05) is 19.1 Å². The highest BCUT2D eigenvalue weighted by atomic mass is 32.2. The molecule has 0 aromatic heterocycles. The molecule has 1 aromatic carbocycles. The van der Waals surface area contributed by atoms with Gasteiger partial charge in [0.25, 0.3) is 0 Å². The maximum absolute atomic E-state index is 11.7. The first-order valence-electron chi connectivity index (χ1n) is 5.61. The Bertz CT molecular complexity index is 439. The van der Waals surface area contributed by atoms with Crippen LogP contribution in [-0.4, -0.2) is 20.8 Å². The van der Waals surface area contributed by atoms with Crippen LogP contribution in [0.25, 0.3) is 0 Å². The summed E-state index contributed by atoms with van der Waals surface area (Å²) in [5.74, 6) is 0.763. The van der Waals surface area contributed by atoms with Crippen molar-refractivity contribution in [3.05, 3.63) is 29.8 Å². The van der Waals surface area contributed by atoms with Gasteiger partial charge in [0.15, 0.2) is 0 Å². The van der Waals surface area contributed by atoms with Crippen molar-refractivity contribution in [2.24, 2.45) is 0 Å². The van der Waals surface area contributed by atoms with Gasteiger partial charge in [0.1, 0.15) is 5.75 Å². The lowest BCUT2D eigenvalue weighted by Gasteiger charge is -2.12. The van der Waals surface area contributed by atoms with Crippen LogP contribution in [0.1, 0.15) is 25.8 Å². The van der Waals surface area contributed by atoms with Crippen molar-refractivity contribution in [3.63, 3.8) is 0 Å². The number of ether oxygens (including phenoxy) is 1. The van der Waals surface area contributed by atoms with E-state index >= 15 is 0 Å². The number of rotatable bonds is 6. The molecule has 0 spiro atoms. The lowest BCUT2D eigenvalue weighted by molar-refractivity contribution is 0.414. The molecular weight excluding hydrogens is 238 g/mol. The normalized spacial score (nSPS) is 13.4. The second kappa shape index (κ2) is 6.02. The number of methoxy groups -OCH3 is 1. The maximum Gasteiger partial charge on any atom is 0.214 e. The van der Waals surface area contributed by atoms with Crippen molar-refractivity contribution in [3.8, 4) is 5.75 Å². The molecule has 0 saturated heterocycles. The van der Waals surface area contributed by atoms with Crippen LogP contribution in [0.5, 0.6) is 5.75 Å². The monoisotopic (exact) mass is 257 g/mol. The highest BCUT2D eigenvalue weighted by Crippen LogP contribution is 2.12. The van der Waals surface area contributed by atoms with Crippen LogP contribution in [0.2, 0.25) is 0 Å². The third-order valence-corrected chi connectivity index (χ3v) is 4.68. The zero-order chi connectivity index (χ0) is 12.9. The van der Waals surface area contributed by atoms with Gasteiger partial charge in [0, 0.05) is 6.54 Å². The average Bonchev–Trinajstić information content (AvgIpc) is 2.36. The zero-order valence-corrected chi connectivity index (χ0v) is 11.3. The SMILES string of the molecule is CCC(C)S(=O)(=O)NCc1ccc(OC)cc1. The fraction of sp³-hybridized carbons (Fsp3) is 0.500. The van der Waals surface area contributed by atoms with Crippen molar-refractivity contribution < 1.29 is 13.2 Å². The number of hydrogen-bond donors (Lipinski definition) is 1. The molecule has 4 nitrogen and oxygen atoms in total. The van der Waals surface area contributed by atoms with Crippen LogP contribution in [-0.2, 0) is 16.6 Å². The predicted octanol–water partition coefficient (Wildman–Crippen LogP) is 1.91. The lowest BCUT2D eigenvalue weighted by atomic mass is 10.2. The van der Waals surface area contributed by atoms with Gasteiger partial charge in [-0.15, -0.1) is 0 Å². The molecular formula is C12H19NO3S. The highest BCUT2D eigenvalue weighted by Gasteiger charge is 2.17. The maximum atomic E-state index is 11.7. The molecule has 0 saturated carbocycles. The first-order valence-corrected chi connectivity index (χ1v) is 7.15. The van der Waals surface area contributed by atoms with Crippen molar-refractivity contribution in [1.29, 1.82) is 0 Å². The molecule has 5 heteroatoms. The van der Waals surface area contributed by atoms with Crippen molar-refractivity contribution in [2.75, 3.05) is 7.11 Å². The van der Waals surface area contributed by atoms with Crippen LogP contribution >= 0.6 is 0 Å². The molecule has 0 aliphatic carbocycles. The van der Waals surface area contributed by atoms with Crippen LogP contribution < -0.4 is 9.46 Å². The Hall–Kier alpha value is -1.07. The van der Waals surface area contributed by atoms with Gasteiger partial charge in [-0.2, -0.15) is 0 Å². The topological polar surface area (TPSA) is 55.4 Å². The average molecular weight is 257 g/mol. The van der Waals surface area contributed by atoms with Gasteiger partial charge in [-0.3, -0.25) is 0 Å². The second-order valence-electron chi connectivity index (χ2n) is 3.93. The van der Waals surface area contributed by atoms with Gasteiger partial charge in [-0.25, -0.2) is 13.1 Å². The Labute approximate surface area is 103 Å². The quantitative estimate of drug-likeness (QED) is 0.847. The Kier molecular flexibility index (Phi) is 4.96. The Morgan fingerprint density at radius 1 is 1.29 bits per heavy atom. The summed E-state index contributed by atoms with van der Waals surface area (Å²) in [5.41, 5.74) is 0.915. The first kappa shape index (κ1) is 14.0. The highest BCUT2D eigenvalue weighted by molar-refractivity contribution is 7.90. The third kappa shape index (κ3) is 4.02. The van der Waals surface area contributed by atoms with E-state index in [2.05, 4.69) is 4.72 Å². The summed E-state index contributed by atoms with van der Waals surface area (Å²) in [6, 6.07) is 7.32. The molecule has 1 atom stereocenters. The summed E-state index contributed by atoms with van der Waals surface area (Å²) < 4.78 is 31.1. The second-order valence-corrected chi connectivity index (χ2v) is 6.12. The lowest BCUT2D eigenvalue weighted by Crippen LogP contribution is -2.31. The fourth-order valence-corrected chi connectivity index (χ4v) is 2.38. The van der Waals surface area contributed by atoms with Gasteiger partial charge >= 0.3 is 0 Å². The molecule has 0 aliphatic rings. The minimum atomic E-state index is -3.21. The van der Waals surface area contributed by atoms with Gasteiger partial charge in [0.05, 0.1) is 12.4 Å². The summed E-state index contributed by atoms with van der Waals surface area (Å²) in [6.07, 6.45) is 0.609. The van der Waals surface area contributed by atoms with Gasteiger partial charge < -0.3 is 4.74 Å². The predicted molar refractivity (Wildman–Crippen MR) is 68.5 cm³/mol. The standard InChI is InChI=1S/C12H19NO3S/c1-4-10(2)17(14,15)13-9-11-5-7-12(16-3)8-6-11/h5-8,10,13H,4,9H2,1-3H3. The Morgan fingerprint density at radius 2 is 1.88 bits per heavy atom. The molecule has 17 heavy (non-hydrogen) atoms. The van der Waals surface area contributed by atoms with Gasteiger partial charge in [-0.05, 0) is 31.0 Å². The van der Waals surface area contributed by atoms with Gasteiger partial charge in [0.2, 0.25) is 10.0 Å². The van der Waals surface area contributed by atoms with Crippen molar-refractivity contribution >= 4 is 10.0 Å². The summed E-state index contributed by atoms with van der Waals surface area (Å²) in [4.78, 5) is 0. The van der Waals surface area contributed by atoms with E-state index in [0.717, 1.165) is 11.3 Å². The smallest absolute Gasteiger partial charge is 0.214 e. The van der Waals surface area contributed by atoms with Crippen LogP contribution in [0.4, 0.5) is 0 Å². The molecule has 0 radical (unpaired) electrons. The molecule has 96 valence electrons. The zero-order valence-electron chi connectivity index (χ0n) is 10.4. The summed E-state index contributed by atoms with van der Waals surface area (Å²) in [6.45, 7) is 3.88. The van der Waals surface area contributed by atoms with E-state index in [1.165, 1.54) is 0 Å². The number of sulfonamides is 1. The molecule has 1 unspecified atom stereocenters. The number of hydrogen-bond acceptors (Lipinski definition) is 3. The first-order chi connectivity index (χ1) is 7.99. The Balaban J connectivity index is 2.61. The number of nitrogens with one attached hydrogen (secondary N) is 1. The largest absolute Gasteiger partial charge is 0.497 e. The van der Waals surface area contributed by atoms with E-state index in [9.17, 15) is 8.42 Å². The fourth-order valence-electron chi connectivity index (χ4n) is 1.29. The molecule has 1 N–H and O–H groups in total. The molecule has 0 aliphatic heterocycles. The van der Waals surface area contributed by atoms with Crippen LogP contribution in [0.15, 0.2) is 24.3 Å². The summed E-state index contributed by atoms with van der Waals surface area (Å²) >= 11 is 0. The van der Waals surface area contributed by atoms with E-state index in [4.69, 9.17) is 4.74 Å². The van der Waals surface area contributed by atoms with Crippen molar-refractivity contribution in [1.82, 2.24) is 4.72 Å². The molecule has 0 fully saturated rings. The summed E-state index contributed by atoms with van der Waals surface area (Å²) in [5, 5.41) is -0.360. The minimum absolute atomic E-state index is 0.316. The molecule has 0 heterocycles. The third-order valence-electron chi connectivity index (χ3n) is 2.74. The van der Waals surface area contributed by atoms with E-state index in [-0.39, 0.29) is 5.25 Å². The van der Waals surface area contributed by atoms with E-state index in [1.54, 1.807) is 14.0 Å². The molecule has 1 rings (SSSR count). The van der Waals surface area contributed by atoms with Crippen molar-refractivity contribution in [2.45, 2.75) is 32.1 Å². The molecule has 0 bridgehead atoms. The minimum Gasteiger partial charge on any atom is -0.497 e. The molecule has 1 aromatic rings. The van der Waals surface area contributed by atoms with E-state index in [1.807, 2.05) is 31.2 Å².